The lowest BCUT2D eigenvalue weighted by molar-refractivity contribution is -0.127. The number of carbonyl (C=O) groups excluding carboxylic acids is 1. The van der Waals surface area contributed by atoms with Crippen LogP contribution in [-0.2, 0) is 4.79 Å². The summed E-state index contributed by atoms with van der Waals surface area (Å²) in [4.78, 5) is 17.7. The van der Waals surface area contributed by atoms with Gasteiger partial charge in [-0.2, -0.15) is 4.98 Å². The smallest absolute Gasteiger partial charge is 0.322 e. The van der Waals surface area contributed by atoms with Crippen molar-refractivity contribution in [2.45, 2.75) is 12.5 Å². The number of halogens is 1. The first-order valence-electron chi connectivity index (χ1n) is 6.24. The van der Waals surface area contributed by atoms with E-state index in [0.29, 0.717) is 10.8 Å². The number of likely N-dealkylation sites (N-methyl/N-ethyl adjacent to an activating group) is 1. The van der Waals surface area contributed by atoms with E-state index in [-0.39, 0.29) is 18.0 Å². The molecule has 1 N–H and O–H groups in total. The highest BCUT2D eigenvalue weighted by molar-refractivity contribution is 6.30. The number of amides is 1. The van der Waals surface area contributed by atoms with Gasteiger partial charge in [-0.25, -0.2) is 0 Å². The van der Waals surface area contributed by atoms with Crippen molar-refractivity contribution >= 4 is 23.5 Å². The number of rotatable bonds is 3. The van der Waals surface area contributed by atoms with Crippen LogP contribution < -0.4 is 5.32 Å². The van der Waals surface area contributed by atoms with Crippen LogP contribution in [0.5, 0.6) is 0 Å². The normalized spacial score (nSPS) is 18.6. The summed E-state index contributed by atoms with van der Waals surface area (Å²) in [7, 11) is 1.77. The van der Waals surface area contributed by atoms with Crippen LogP contribution in [0.1, 0.15) is 6.42 Å². The highest BCUT2D eigenvalue weighted by atomic mass is 35.5. The zero-order chi connectivity index (χ0) is 14.1. The molecule has 0 spiro atoms. The van der Waals surface area contributed by atoms with Crippen molar-refractivity contribution in [3.8, 4) is 11.4 Å². The van der Waals surface area contributed by atoms with Crippen molar-refractivity contribution in [1.29, 1.82) is 0 Å². The molecule has 1 fully saturated rings. The molecule has 6 nitrogen and oxygen atoms in total. The Kier molecular flexibility index (Phi) is 3.31. The summed E-state index contributed by atoms with van der Waals surface area (Å²) in [6, 6.07) is 7.10. The number of aromatic nitrogens is 2. The second kappa shape index (κ2) is 5.13. The molecule has 3 rings (SSSR count). The lowest BCUT2D eigenvalue weighted by Crippen LogP contribution is -2.31. The van der Waals surface area contributed by atoms with E-state index in [9.17, 15) is 4.79 Å². The molecule has 1 aromatic heterocycles. The van der Waals surface area contributed by atoms with E-state index >= 15 is 0 Å². The van der Waals surface area contributed by atoms with Crippen molar-refractivity contribution in [2.75, 3.05) is 18.9 Å². The standard InChI is InChI=1S/C13H13ClN4O2/c1-18-7-6-10(12(18)19)15-13-16-11(17-20-13)8-2-4-9(14)5-3-8/h2-5,10H,6-7H2,1H3,(H,15,16,17)/t10-/m1/s1. The third-order valence-electron chi connectivity index (χ3n) is 3.25. The summed E-state index contributed by atoms with van der Waals surface area (Å²) < 4.78 is 5.12. The fourth-order valence-electron chi connectivity index (χ4n) is 2.10. The van der Waals surface area contributed by atoms with Gasteiger partial charge in [-0.05, 0) is 30.7 Å². The fraction of sp³-hybridized carbons (Fsp3) is 0.308. The molecule has 1 aliphatic rings. The number of benzene rings is 1. The van der Waals surface area contributed by atoms with Gasteiger partial charge in [-0.15, -0.1) is 0 Å². The number of hydrogen-bond donors (Lipinski definition) is 1. The van der Waals surface area contributed by atoms with Gasteiger partial charge in [-0.3, -0.25) is 4.79 Å². The number of nitrogens with zero attached hydrogens (tertiary/aromatic N) is 3. The second-order valence-electron chi connectivity index (χ2n) is 4.68. The molecule has 2 heterocycles. The van der Waals surface area contributed by atoms with E-state index in [1.807, 2.05) is 12.1 Å². The lowest BCUT2D eigenvalue weighted by atomic mass is 10.2. The van der Waals surface area contributed by atoms with Crippen LogP contribution in [0.25, 0.3) is 11.4 Å². The Morgan fingerprint density at radius 2 is 2.15 bits per heavy atom. The van der Waals surface area contributed by atoms with Crippen molar-refractivity contribution in [3.05, 3.63) is 29.3 Å². The van der Waals surface area contributed by atoms with E-state index in [0.717, 1.165) is 18.5 Å². The summed E-state index contributed by atoms with van der Waals surface area (Å²) in [6.45, 7) is 0.731. The van der Waals surface area contributed by atoms with E-state index in [1.54, 1.807) is 24.1 Å². The molecule has 1 aliphatic heterocycles. The predicted octanol–water partition coefficient (Wildman–Crippen LogP) is 2.03. The Balaban J connectivity index is 1.74. The van der Waals surface area contributed by atoms with Crippen LogP contribution in [0.4, 0.5) is 6.01 Å². The summed E-state index contributed by atoms with van der Waals surface area (Å²) in [6.07, 6.45) is 0.730. The Labute approximate surface area is 120 Å². The minimum absolute atomic E-state index is 0.0382. The highest BCUT2D eigenvalue weighted by Gasteiger charge is 2.30. The minimum atomic E-state index is -0.293. The first kappa shape index (κ1) is 12.9. The van der Waals surface area contributed by atoms with Gasteiger partial charge in [0.25, 0.3) is 0 Å². The number of hydrogen-bond acceptors (Lipinski definition) is 5. The first-order valence-corrected chi connectivity index (χ1v) is 6.62. The molecule has 1 atom stereocenters. The summed E-state index contributed by atoms with van der Waals surface area (Å²) >= 11 is 5.83. The maximum Gasteiger partial charge on any atom is 0.322 e. The number of carbonyl (C=O) groups is 1. The third-order valence-corrected chi connectivity index (χ3v) is 3.51. The Bertz CT molecular complexity index is 626. The molecule has 104 valence electrons. The molecule has 0 unspecified atom stereocenters. The van der Waals surface area contributed by atoms with Crippen molar-refractivity contribution in [3.63, 3.8) is 0 Å². The molecular formula is C13H13ClN4O2. The molecule has 0 saturated carbocycles. The van der Waals surface area contributed by atoms with Gasteiger partial charge in [0, 0.05) is 24.2 Å². The number of nitrogens with one attached hydrogen (secondary N) is 1. The number of anilines is 1. The highest BCUT2D eigenvalue weighted by Crippen LogP contribution is 2.21. The SMILES string of the molecule is CN1CC[C@@H](Nc2nc(-c3ccc(Cl)cc3)no2)C1=O. The predicted molar refractivity (Wildman–Crippen MR) is 74.4 cm³/mol. The largest absolute Gasteiger partial charge is 0.344 e. The van der Waals surface area contributed by atoms with Crippen molar-refractivity contribution < 1.29 is 9.32 Å². The molecule has 0 aliphatic carbocycles. The Morgan fingerprint density at radius 3 is 2.80 bits per heavy atom. The summed E-state index contributed by atoms with van der Waals surface area (Å²) in [5, 5.41) is 7.50. The van der Waals surface area contributed by atoms with Gasteiger partial charge >= 0.3 is 6.01 Å². The number of likely N-dealkylation sites (tertiary alicyclic amines) is 1. The van der Waals surface area contributed by atoms with Crippen molar-refractivity contribution in [2.24, 2.45) is 0 Å². The van der Waals surface area contributed by atoms with E-state index in [4.69, 9.17) is 16.1 Å². The van der Waals surface area contributed by atoms with Gasteiger partial charge in [-0.1, -0.05) is 16.8 Å². The van der Waals surface area contributed by atoms with Gasteiger partial charge in [0.15, 0.2) is 0 Å². The van der Waals surface area contributed by atoms with Crippen LogP contribution in [-0.4, -0.2) is 40.6 Å². The van der Waals surface area contributed by atoms with E-state index in [1.165, 1.54) is 0 Å². The Morgan fingerprint density at radius 1 is 1.40 bits per heavy atom. The molecule has 2 aromatic rings. The maximum atomic E-state index is 11.8. The zero-order valence-corrected chi connectivity index (χ0v) is 11.6. The molecular weight excluding hydrogens is 280 g/mol. The molecule has 0 bridgehead atoms. The third kappa shape index (κ3) is 2.46. The van der Waals surface area contributed by atoms with Crippen LogP contribution in [0.2, 0.25) is 5.02 Å². The van der Waals surface area contributed by atoms with Crippen LogP contribution in [0, 0.1) is 0 Å². The van der Waals surface area contributed by atoms with E-state index in [2.05, 4.69) is 15.5 Å². The summed E-state index contributed by atoms with van der Waals surface area (Å²) in [5.74, 6) is 0.499. The van der Waals surface area contributed by atoms with E-state index < -0.39 is 0 Å². The average Bonchev–Trinajstić information content (AvgIpc) is 3.02. The van der Waals surface area contributed by atoms with Crippen molar-refractivity contribution in [1.82, 2.24) is 15.0 Å². The zero-order valence-electron chi connectivity index (χ0n) is 10.8. The molecule has 1 saturated heterocycles. The van der Waals surface area contributed by atoms with Crippen LogP contribution >= 0.6 is 11.6 Å². The molecule has 0 radical (unpaired) electrons. The Hall–Kier alpha value is -2.08. The molecule has 7 heteroatoms. The molecule has 1 amide bonds. The summed E-state index contributed by atoms with van der Waals surface area (Å²) in [5.41, 5.74) is 0.807. The minimum Gasteiger partial charge on any atom is -0.344 e. The molecule has 1 aromatic carbocycles. The monoisotopic (exact) mass is 292 g/mol. The van der Waals surface area contributed by atoms with Gasteiger partial charge < -0.3 is 14.7 Å². The first-order chi connectivity index (χ1) is 9.63. The quantitative estimate of drug-likeness (QED) is 0.937. The van der Waals surface area contributed by atoms with Gasteiger partial charge in [0.2, 0.25) is 11.7 Å². The molecule has 20 heavy (non-hydrogen) atoms. The average molecular weight is 293 g/mol. The topological polar surface area (TPSA) is 71.3 Å². The van der Waals surface area contributed by atoms with Crippen LogP contribution in [0.15, 0.2) is 28.8 Å². The van der Waals surface area contributed by atoms with Gasteiger partial charge in [0.05, 0.1) is 0 Å². The second-order valence-corrected chi connectivity index (χ2v) is 5.11. The fourth-order valence-corrected chi connectivity index (χ4v) is 2.23. The van der Waals surface area contributed by atoms with Crippen LogP contribution in [0.3, 0.4) is 0 Å². The van der Waals surface area contributed by atoms with Gasteiger partial charge in [0.1, 0.15) is 6.04 Å². The maximum absolute atomic E-state index is 11.8. The lowest BCUT2D eigenvalue weighted by Gasteiger charge is -2.09.